The number of aliphatic hydroxyl groups excluding tert-OH is 9. The molecule has 0 aromatic heterocycles. The number of alkyl halides is 1. The Morgan fingerprint density at radius 2 is 1.43 bits per heavy atom. The van der Waals surface area contributed by atoms with E-state index >= 15 is 0 Å². The molecule has 2 aliphatic rings. The molecule has 0 spiro atoms. The topological polar surface area (TPSA) is 336 Å². The normalized spacial score (nSPS) is 28.2. The predicted molar refractivity (Wildman–Crippen MR) is 297 cm³/mol. The Morgan fingerprint density at radius 3 is 2.05 bits per heavy atom. The van der Waals surface area contributed by atoms with Crippen molar-refractivity contribution in [2.75, 3.05) is 19.8 Å². The molecule has 79 heavy (non-hydrogen) atoms. The monoisotopic (exact) mass is 1150 g/mol. The molecule has 2 heterocycles. The molecule has 3 amide bonds. The van der Waals surface area contributed by atoms with Crippen molar-refractivity contribution in [3.05, 3.63) is 72.9 Å². The highest BCUT2D eigenvalue weighted by molar-refractivity contribution is 6.76. The van der Waals surface area contributed by atoms with E-state index in [4.69, 9.17) is 23.7 Å². The number of halogens is 1. The van der Waals surface area contributed by atoms with Crippen molar-refractivity contribution in [2.45, 2.75) is 229 Å². The summed E-state index contributed by atoms with van der Waals surface area (Å²) in [6.07, 6.45) is -1.04. The van der Waals surface area contributed by atoms with E-state index in [0.717, 1.165) is 0 Å². The average Bonchev–Trinajstić information content (AvgIpc) is 3.36. The lowest BCUT2D eigenvalue weighted by Crippen LogP contribution is -2.65. The first-order valence-corrected chi connectivity index (χ1v) is 31.3. The largest absolute Gasteiger partial charge is 0.462 e. The number of amides is 3. The van der Waals surface area contributed by atoms with Gasteiger partial charge in [0.05, 0.1) is 92.8 Å². The fourth-order valence-corrected chi connectivity index (χ4v) is 9.62. The summed E-state index contributed by atoms with van der Waals surface area (Å²) in [5.41, 5.74) is 0. The maximum Gasteiger partial charge on any atom is 0.407 e. The smallest absolute Gasteiger partial charge is 0.407 e. The van der Waals surface area contributed by atoms with Gasteiger partial charge in [-0.3, -0.25) is 9.18 Å². The standard InChI is InChI=1S/C56H96FN3O18Si/c1-10-12-14-16-18-21-35(3)50(68)36(4)37(5)75-47(67)31-40(62)29-39(61)23-24-43(64)44(65)30-41(63)33-56(73)34-45(66)48(59-54(71)58-26-20-25-57)46(78-56)32-42(22-19-17-15-13-11-2)77-53-52(70)49(51(69)38(6)76-53)60-55(72)74-27-28-79(7,8)9/h10-19,21-22,35-46,48-53,61-66,68-70,73H,20,23-34H2,1-9H3,(H,60,72)(H2,58,59,71)/b12-10+,13-11+,16-14+,17-15+,21-18+,22-19+/t35-,36-,37-,38+,39+,40+,41-,42-,43+,44+,45-,46-,48+,49-,50+,51+,52-,53-,56+/m0/s1. The molecular formula is C56H96FN3O18Si. The first kappa shape index (κ1) is 71.2. The molecule has 0 saturated carbocycles. The molecule has 21 nitrogen and oxygen atoms in total. The van der Waals surface area contributed by atoms with Crippen molar-refractivity contribution in [3.63, 3.8) is 0 Å². The van der Waals surface area contributed by atoms with Gasteiger partial charge in [-0.2, -0.15) is 0 Å². The maximum atomic E-state index is 13.0. The van der Waals surface area contributed by atoms with Crippen LogP contribution in [0.3, 0.4) is 0 Å². The quantitative estimate of drug-likeness (QED) is 0.0189. The third kappa shape index (κ3) is 27.6. The molecule has 0 bridgehead atoms. The number of urea groups is 1. The summed E-state index contributed by atoms with van der Waals surface area (Å²) in [4.78, 5) is 38.6. The van der Waals surface area contributed by atoms with Crippen LogP contribution in [0.1, 0.15) is 99.3 Å². The fraction of sp³-hybridized carbons (Fsp3) is 0.732. The summed E-state index contributed by atoms with van der Waals surface area (Å²) in [5, 5.41) is 119. The third-order valence-corrected chi connectivity index (χ3v) is 15.5. The van der Waals surface area contributed by atoms with Gasteiger partial charge in [0.25, 0.3) is 0 Å². The first-order valence-electron chi connectivity index (χ1n) is 27.6. The number of carbonyl (C=O) groups excluding carboxylic acids is 3. The fourth-order valence-electron chi connectivity index (χ4n) is 8.91. The van der Waals surface area contributed by atoms with Gasteiger partial charge in [0.1, 0.15) is 18.3 Å². The van der Waals surface area contributed by atoms with Gasteiger partial charge in [-0.1, -0.05) is 106 Å². The van der Waals surface area contributed by atoms with Crippen LogP contribution < -0.4 is 16.0 Å². The molecule has 0 aliphatic carbocycles. The predicted octanol–water partition coefficient (Wildman–Crippen LogP) is 3.61. The third-order valence-electron chi connectivity index (χ3n) is 13.8. The van der Waals surface area contributed by atoms with E-state index in [0.29, 0.717) is 6.04 Å². The number of rotatable bonds is 34. The van der Waals surface area contributed by atoms with Crippen LogP contribution in [0.25, 0.3) is 0 Å². The van der Waals surface area contributed by atoms with E-state index in [1.54, 1.807) is 50.3 Å². The number of aliphatic hydroxyl groups is 10. The second-order valence-electron chi connectivity index (χ2n) is 22.1. The lowest BCUT2D eigenvalue weighted by molar-refractivity contribution is -0.303. The van der Waals surface area contributed by atoms with Crippen molar-refractivity contribution in [1.82, 2.24) is 16.0 Å². The Hall–Kier alpha value is -3.92. The lowest BCUT2D eigenvalue weighted by Gasteiger charge is -2.46. The molecule has 0 radical (unpaired) electrons. The Bertz CT molecular complexity index is 1960. The summed E-state index contributed by atoms with van der Waals surface area (Å²) in [6.45, 7) is 16.2. The molecule has 13 N–H and O–H groups in total. The molecule has 23 heteroatoms. The summed E-state index contributed by atoms with van der Waals surface area (Å²) in [7, 11) is -1.56. The van der Waals surface area contributed by atoms with Gasteiger partial charge in [0.15, 0.2) is 12.1 Å². The van der Waals surface area contributed by atoms with E-state index in [-0.39, 0.29) is 51.2 Å². The number of hydrogen-bond acceptors (Lipinski definition) is 18. The van der Waals surface area contributed by atoms with Crippen LogP contribution >= 0.6 is 0 Å². The van der Waals surface area contributed by atoms with E-state index < -0.39 is 168 Å². The second kappa shape index (κ2) is 36.5. The zero-order valence-corrected chi connectivity index (χ0v) is 48.6. The number of nitrogens with one attached hydrogen (secondary N) is 3. The van der Waals surface area contributed by atoms with Crippen molar-refractivity contribution >= 4 is 26.2 Å². The van der Waals surface area contributed by atoms with Gasteiger partial charge >= 0.3 is 18.1 Å². The Kier molecular flexibility index (Phi) is 32.9. The molecule has 0 aromatic carbocycles. The summed E-state index contributed by atoms with van der Waals surface area (Å²) >= 11 is 0. The minimum Gasteiger partial charge on any atom is -0.462 e. The molecule has 2 rings (SSSR count). The van der Waals surface area contributed by atoms with Crippen LogP contribution in [-0.2, 0) is 28.5 Å². The minimum atomic E-state index is -2.33. The Balaban J connectivity index is 2.18. The number of hydrogen-bond donors (Lipinski definition) is 13. The van der Waals surface area contributed by atoms with Gasteiger partial charge in [-0.25, -0.2) is 9.59 Å². The number of allylic oxidation sites excluding steroid dienone is 10. The van der Waals surface area contributed by atoms with E-state index in [2.05, 4.69) is 35.6 Å². The van der Waals surface area contributed by atoms with Crippen LogP contribution in [0.5, 0.6) is 0 Å². The van der Waals surface area contributed by atoms with Gasteiger partial charge in [0, 0.05) is 52.1 Å². The van der Waals surface area contributed by atoms with E-state index in [9.17, 15) is 69.8 Å². The van der Waals surface area contributed by atoms with Crippen LogP contribution in [0.2, 0.25) is 25.7 Å². The van der Waals surface area contributed by atoms with Crippen LogP contribution in [0, 0.1) is 11.8 Å². The Labute approximate surface area is 467 Å². The minimum absolute atomic E-state index is 0.00680. The zero-order valence-electron chi connectivity index (χ0n) is 47.6. The zero-order chi connectivity index (χ0) is 59.5. The van der Waals surface area contributed by atoms with Crippen molar-refractivity contribution in [2.24, 2.45) is 11.8 Å². The van der Waals surface area contributed by atoms with Gasteiger partial charge in [-0.05, 0) is 59.4 Å². The van der Waals surface area contributed by atoms with Crippen molar-refractivity contribution < 1.29 is 93.5 Å². The molecule has 2 saturated heterocycles. The summed E-state index contributed by atoms with van der Waals surface area (Å²) < 4.78 is 42.1. The van der Waals surface area contributed by atoms with Crippen molar-refractivity contribution in [1.29, 1.82) is 0 Å². The molecule has 454 valence electrons. The van der Waals surface area contributed by atoms with E-state index in [1.807, 2.05) is 57.2 Å². The average molecular weight is 1150 g/mol. The van der Waals surface area contributed by atoms with Crippen LogP contribution in [0.4, 0.5) is 14.0 Å². The van der Waals surface area contributed by atoms with Crippen LogP contribution in [-0.4, -0.2) is 201 Å². The molecular weight excluding hydrogens is 1050 g/mol. The number of alkyl carbamates (subject to hydrolysis) is 1. The molecule has 2 fully saturated rings. The maximum absolute atomic E-state index is 13.0. The molecule has 2 aliphatic heterocycles. The molecule has 0 aromatic rings. The summed E-state index contributed by atoms with van der Waals surface area (Å²) in [5.74, 6) is -3.76. The van der Waals surface area contributed by atoms with Gasteiger partial charge in [0.2, 0.25) is 0 Å². The number of esters is 1. The highest BCUT2D eigenvalue weighted by Crippen LogP contribution is 2.35. The first-order chi connectivity index (χ1) is 37.1. The number of ether oxygens (including phenoxy) is 5. The molecule has 0 unspecified atom stereocenters. The van der Waals surface area contributed by atoms with Gasteiger partial charge < -0.3 is 90.7 Å². The number of carbonyl (C=O) groups is 3. The highest BCUT2D eigenvalue weighted by atomic mass is 28.3. The highest BCUT2D eigenvalue weighted by Gasteiger charge is 2.50. The second-order valence-corrected chi connectivity index (χ2v) is 27.7. The van der Waals surface area contributed by atoms with E-state index in [1.165, 1.54) is 6.92 Å². The van der Waals surface area contributed by atoms with Crippen molar-refractivity contribution in [3.8, 4) is 0 Å². The SMILES string of the molecule is C/C=C/C=C/C=C/[C@@H](C[C@@H]1O[C@](O)(C[C@@H](O)C[C@@H](O)[C@H](O)CC[C@@H](O)C[C@@H](O)CC(=O)O[C@@H](C)[C@H](C)[C@H](O)[C@@H](C)/C=C/C=C/C=C/C)C[C@H](O)[C@H]1NC(=O)NCCCF)O[C@@H]1O[C@H](C)[C@@H](O)[C@H](NC(=O)OCC[Si](C)(C)C)[C@@H]1O. The van der Waals surface area contributed by atoms with Crippen LogP contribution in [0.15, 0.2) is 72.9 Å². The van der Waals surface area contributed by atoms with Gasteiger partial charge in [-0.15, -0.1) is 0 Å². The molecule has 19 atom stereocenters. The Morgan fingerprint density at radius 1 is 0.797 bits per heavy atom. The summed E-state index contributed by atoms with van der Waals surface area (Å²) in [6, 6.07) is -2.70. The lowest BCUT2D eigenvalue weighted by atomic mass is 9.87.